The van der Waals surface area contributed by atoms with Crippen molar-refractivity contribution in [2.75, 3.05) is 33.4 Å². The highest BCUT2D eigenvalue weighted by Crippen LogP contribution is 2.29. The van der Waals surface area contributed by atoms with Gasteiger partial charge in [-0.25, -0.2) is 0 Å². The van der Waals surface area contributed by atoms with Gasteiger partial charge in [-0.2, -0.15) is 0 Å². The molecule has 2 N–H and O–H groups in total. The zero-order valence-corrected chi connectivity index (χ0v) is 18.8. The lowest BCUT2D eigenvalue weighted by Crippen LogP contribution is -2.22. The van der Waals surface area contributed by atoms with Crippen LogP contribution < -0.4 is 24.8 Å². The van der Waals surface area contributed by atoms with Crippen molar-refractivity contribution < 1.29 is 19.0 Å². The van der Waals surface area contributed by atoms with Crippen molar-refractivity contribution in [3.8, 4) is 17.2 Å². The molecule has 0 aliphatic rings. The first-order valence-corrected chi connectivity index (χ1v) is 10.2. The monoisotopic (exact) mass is 436 g/mol. The number of hydrogen-bond acceptors (Lipinski definition) is 5. The average Bonchev–Trinajstić information content (AvgIpc) is 2.75. The molecule has 0 spiro atoms. The molecule has 0 atom stereocenters. The summed E-state index contributed by atoms with van der Waals surface area (Å²) in [5.74, 6) is 1.94. The molecule has 0 fully saturated rings. The third-order valence-electron chi connectivity index (χ3n) is 4.13. The van der Waals surface area contributed by atoms with Gasteiger partial charge in [0.1, 0.15) is 12.4 Å². The first-order chi connectivity index (χ1) is 14.2. The molecular weight excluding hydrogens is 404 g/mol. The molecule has 2 aromatic rings. The normalized spacial score (nSPS) is 10.1. The van der Waals surface area contributed by atoms with Crippen molar-refractivity contribution in [2.45, 2.75) is 33.2 Å². The Labute approximate surface area is 185 Å². The van der Waals surface area contributed by atoms with E-state index in [1.165, 1.54) is 0 Å². The second kappa shape index (κ2) is 14.5. The number of nitrogens with one attached hydrogen (secondary N) is 2. The molecule has 0 aliphatic carbocycles. The fourth-order valence-electron chi connectivity index (χ4n) is 2.56. The minimum absolute atomic E-state index is 0. The zero-order chi connectivity index (χ0) is 20.9. The maximum absolute atomic E-state index is 12.6. The Morgan fingerprint density at radius 1 is 0.867 bits per heavy atom. The number of carbonyl (C=O) groups is 1. The summed E-state index contributed by atoms with van der Waals surface area (Å²) in [6.07, 6.45) is 1.80. The van der Waals surface area contributed by atoms with Gasteiger partial charge in [0.25, 0.3) is 5.91 Å². The first-order valence-electron chi connectivity index (χ1n) is 10.2. The molecule has 0 saturated heterocycles. The molecule has 2 aromatic carbocycles. The molecule has 0 radical (unpaired) electrons. The Morgan fingerprint density at radius 3 is 2.17 bits per heavy atom. The summed E-state index contributed by atoms with van der Waals surface area (Å²) in [4.78, 5) is 12.6. The van der Waals surface area contributed by atoms with Crippen LogP contribution in [0, 0.1) is 0 Å². The minimum Gasteiger partial charge on any atom is -0.492 e. The van der Waals surface area contributed by atoms with Gasteiger partial charge >= 0.3 is 0 Å². The van der Waals surface area contributed by atoms with Gasteiger partial charge in [-0.1, -0.05) is 26.0 Å². The molecule has 0 saturated carbocycles. The van der Waals surface area contributed by atoms with E-state index in [0.29, 0.717) is 43.4 Å². The van der Waals surface area contributed by atoms with Crippen LogP contribution in [0.1, 0.15) is 42.6 Å². The first kappa shape index (κ1) is 25.6. The summed E-state index contributed by atoms with van der Waals surface area (Å²) in [6, 6.07) is 13.0. The maximum atomic E-state index is 12.6. The van der Waals surface area contributed by atoms with Gasteiger partial charge in [0.15, 0.2) is 11.5 Å². The van der Waals surface area contributed by atoms with E-state index in [2.05, 4.69) is 17.6 Å². The lowest BCUT2D eigenvalue weighted by Gasteiger charge is -2.14. The fourth-order valence-corrected chi connectivity index (χ4v) is 2.56. The van der Waals surface area contributed by atoms with Crippen LogP contribution in [0.3, 0.4) is 0 Å². The molecule has 6 nitrogen and oxygen atoms in total. The lowest BCUT2D eigenvalue weighted by molar-refractivity contribution is 0.0950. The van der Waals surface area contributed by atoms with E-state index >= 15 is 0 Å². The summed E-state index contributed by atoms with van der Waals surface area (Å²) in [5.41, 5.74) is 1.55. The van der Waals surface area contributed by atoms with Gasteiger partial charge in [-0.15, -0.1) is 12.4 Å². The molecule has 0 aromatic heterocycles. The molecule has 30 heavy (non-hydrogen) atoms. The molecule has 7 heteroatoms. The van der Waals surface area contributed by atoms with E-state index in [1.54, 1.807) is 18.2 Å². The second-order valence-electron chi connectivity index (χ2n) is 6.64. The van der Waals surface area contributed by atoms with Crippen molar-refractivity contribution >= 4 is 18.3 Å². The summed E-state index contributed by atoms with van der Waals surface area (Å²) >= 11 is 0. The van der Waals surface area contributed by atoms with Gasteiger partial charge in [0, 0.05) is 18.7 Å². The van der Waals surface area contributed by atoms with Gasteiger partial charge in [-0.3, -0.25) is 4.79 Å². The highest BCUT2D eigenvalue weighted by atomic mass is 35.5. The number of likely N-dealkylation sites (N-methyl/N-ethyl adjacent to an activating group) is 1. The summed E-state index contributed by atoms with van der Waals surface area (Å²) < 4.78 is 17.1. The van der Waals surface area contributed by atoms with Gasteiger partial charge in [0.05, 0.1) is 13.2 Å². The standard InChI is InChI=1S/C23H32N2O4.ClH/c1-4-13-28-21-11-8-19(16-22(21)29-14-5-2)23(26)25-17-18-6-9-20(10-7-18)27-15-12-24-3;/h6-11,16,24H,4-5,12-15,17H2,1-3H3,(H,25,26);1H. The van der Waals surface area contributed by atoms with Crippen LogP contribution in [0.15, 0.2) is 42.5 Å². The van der Waals surface area contributed by atoms with E-state index in [-0.39, 0.29) is 18.3 Å². The van der Waals surface area contributed by atoms with Crippen LogP contribution in [-0.4, -0.2) is 39.3 Å². The molecule has 0 heterocycles. The Morgan fingerprint density at radius 2 is 1.53 bits per heavy atom. The largest absolute Gasteiger partial charge is 0.492 e. The lowest BCUT2D eigenvalue weighted by atomic mass is 10.1. The number of amides is 1. The maximum Gasteiger partial charge on any atom is 0.251 e. The highest BCUT2D eigenvalue weighted by Gasteiger charge is 2.12. The van der Waals surface area contributed by atoms with Crippen molar-refractivity contribution in [2.24, 2.45) is 0 Å². The minimum atomic E-state index is -0.150. The van der Waals surface area contributed by atoms with Crippen LogP contribution in [0.25, 0.3) is 0 Å². The average molecular weight is 437 g/mol. The number of halogens is 1. The molecule has 0 bridgehead atoms. The topological polar surface area (TPSA) is 68.8 Å². The number of carbonyl (C=O) groups excluding carboxylic acids is 1. The van der Waals surface area contributed by atoms with Crippen LogP contribution >= 0.6 is 12.4 Å². The molecule has 0 aliphatic heterocycles. The fraction of sp³-hybridized carbons (Fsp3) is 0.435. The summed E-state index contributed by atoms with van der Waals surface area (Å²) in [7, 11) is 1.89. The van der Waals surface area contributed by atoms with Crippen molar-refractivity contribution in [1.29, 1.82) is 0 Å². The predicted octanol–water partition coefficient (Wildman–Crippen LogP) is 4.21. The van der Waals surface area contributed by atoms with Gasteiger partial charge in [-0.05, 0) is 55.8 Å². The second-order valence-corrected chi connectivity index (χ2v) is 6.64. The van der Waals surface area contributed by atoms with Crippen molar-refractivity contribution in [1.82, 2.24) is 10.6 Å². The van der Waals surface area contributed by atoms with Crippen LogP contribution in [0.2, 0.25) is 0 Å². The molecule has 0 unspecified atom stereocenters. The third kappa shape index (κ3) is 8.51. The van der Waals surface area contributed by atoms with Crippen LogP contribution in [0.4, 0.5) is 0 Å². The summed E-state index contributed by atoms with van der Waals surface area (Å²) in [6.45, 7) is 7.14. The van der Waals surface area contributed by atoms with Crippen LogP contribution in [0.5, 0.6) is 17.2 Å². The smallest absolute Gasteiger partial charge is 0.251 e. The van der Waals surface area contributed by atoms with E-state index in [1.807, 2.05) is 38.2 Å². The Bertz CT molecular complexity index is 753. The quantitative estimate of drug-likeness (QED) is 0.460. The van der Waals surface area contributed by atoms with Crippen molar-refractivity contribution in [3.63, 3.8) is 0 Å². The van der Waals surface area contributed by atoms with E-state index in [9.17, 15) is 4.79 Å². The van der Waals surface area contributed by atoms with Crippen molar-refractivity contribution in [3.05, 3.63) is 53.6 Å². The third-order valence-corrected chi connectivity index (χ3v) is 4.13. The Hall–Kier alpha value is -2.44. The zero-order valence-electron chi connectivity index (χ0n) is 18.0. The number of hydrogen-bond donors (Lipinski definition) is 2. The molecule has 2 rings (SSSR count). The number of benzene rings is 2. The number of ether oxygens (including phenoxy) is 3. The highest BCUT2D eigenvalue weighted by molar-refractivity contribution is 5.94. The predicted molar refractivity (Wildman–Crippen MR) is 122 cm³/mol. The molecular formula is C23H33ClN2O4. The van der Waals surface area contributed by atoms with E-state index in [0.717, 1.165) is 30.7 Å². The molecule has 166 valence electrons. The Balaban J connectivity index is 0.00000450. The summed E-state index contributed by atoms with van der Waals surface area (Å²) in [5, 5.41) is 5.98. The Kier molecular flexibility index (Phi) is 12.4. The number of rotatable bonds is 13. The van der Waals surface area contributed by atoms with E-state index < -0.39 is 0 Å². The van der Waals surface area contributed by atoms with Gasteiger partial charge < -0.3 is 24.8 Å². The van der Waals surface area contributed by atoms with Gasteiger partial charge in [0.2, 0.25) is 0 Å². The van der Waals surface area contributed by atoms with E-state index in [4.69, 9.17) is 14.2 Å². The molecule has 1 amide bonds. The SMILES string of the molecule is CCCOc1ccc(C(=O)NCc2ccc(OCCNC)cc2)cc1OCCC.Cl. The van der Waals surface area contributed by atoms with Crippen LogP contribution in [-0.2, 0) is 6.54 Å².